The van der Waals surface area contributed by atoms with E-state index >= 15 is 0 Å². The van der Waals surface area contributed by atoms with Crippen molar-refractivity contribution < 1.29 is 9.90 Å². The molecule has 0 radical (unpaired) electrons. The maximum atomic E-state index is 12.0. The van der Waals surface area contributed by atoms with Crippen LogP contribution in [0, 0.1) is 11.8 Å². The van der Waals surface area contributed by atoms with Gasteiger partial charge < -0.3 is 10.4 Å². The van der Waals surface area contributed by atoms with Gasteiger partial charge in [-0.3, -0.25) is 9.78 Å². The lowest BCUT2D eigenvalue weighted by Gasteiger charge is -2.03. The number of aromatic nitrogens is 2. The van der Waals surface area contributed by atoms with Crippen LogP contribution in [-0.4, -0.2) is 27.6 Å². The number of nitrogens with zero attached hydrogens (tertiary/aromatic N) is 2. The molecular weight excluding hydrogens is 286 g/mol. The van der Waals surface area contributed by atoms with Crippen molar-refractivity contribution in [3.63, 3.8) is 0 Å². The number of aryl methyl sites for hydroxylation is 1. The molecule has 6 heteroatoms. The summed E-state index contributed by atoms with van der Waals surface area (Å²) in [5, 5.41) is 12.3. The van der Waals surface area contributed by atoms with Crippen molar-refractivity contribution in [2.24, 2.45) is 0 Å². The Morgan fingerprint density at radius 3 is 3.00 bits per heavy atom. The van der Waals surface area contributed by atoms with Crippen molar-refractivity contribution >= 4 is 17.2 Å². The summed E-state index contributed by atoms with van der Waals surface area (Å²) in [6, 6.07) is 1.64. The van der Waals surface area contributed by atoms with E-state index in [0.717, 1.165) is 11.4 Å². The maximum absolute atomic E-state index is 12.0. The predicted octanol–water partition coefficient (Wildman–Crippen LogP) is 1.37. The zero-order valence-electron chi connectivity index (χ0n) is 11.6. The first-order chi connectivity index (χ1) is 10.2. The Labute approximate surface area is 127 Å². The van der Waals surface area contributed by atoms with Crippen LogP contribution in [0.15, 0.2) is 24.7 Å². The van der Waals surface area contributed by atoms with Crippen molar-refractivity contribution in [3.05, 3.63) is 45.7 Å². The lowest BCUT2D eigenvalue weighted by molar-refractivity contribution is 0.0950. The molecule has 0 aliphatic carbocycles. The van der Waals surface area contributed by atoms with Crippen LogP contribution in [0.3, 0.4) is 0 Å². The Balaban J connectivity index is 1.99. The lowest BCUT2D eigenvalue weighted by Crippen LogP contribution is -2.22. The molecule has 0 unspecified atom stereocenters. The van der Waals surface area contributed by atoms with E-state index in [1.165, 1.54) is 11.1 Å². The summed E-state index contributed by atoms with van der Waals surface area (Å²) in [4.78, 5) is 21.5. The minimum Gasteiger partial charge on any atom is -0.384 e. The maximum Gasteiger partial charge on any atom is 0.253 e. The molecule has 2 rings (SSSR count). The highest BCUT2D eigenvalue weighted by molar-refractivity contribution is 7.11. The van der Waals surface area contributed by atoms with Gasteiger partial charge in [0.15, 0.2) is 0 Å². The Morgan fingerprint density at radius 1 is 1.43 bits per heavy atom. The molecule has 5 nitrogen and oxygen atoms in total. The van der Waals surface area contributed by atoms with Crippen molar-refractivity contribution in [3.8, 4) is 11.8 Å². The largest absolute Gasteiger partial charge is 0.384 e. The molecule has 1 amide bonds. The third-order valence-electron chi connectivity index (χ3n) is 2.66. The summed E-state index contributed by atoms with van der Waals surface area (Å²) in [6.07, 6.45) is 5.81. The van der Waals surface area contributed by atoms with Gasteiger partial charge in [0.05, 0.1) is 12.1 Å². The molecule has 2 N–H and O–H groups in total. The molecular formula is C15H15N3O2S. The summed E-state index contributed by atoms with van der Waals surface area (Å²) >= 11 is 1.59. The first kappa shape index (κ1) is 15.2. The van der Waals surface area contributed by atoms with Crippen LogP contribution in [0.2, 0.25) is 0 Å². The normalized spacial score (nSPS) is 9.81. The van der Waals surface area contributed by atoms with Gasteiger partial charge in [-0.1, -0.05) is 18.8 Å². The molecule has 0 saturated heterocycles. The monoisotopic (exact) mass is 301 g/mol. The molecule has 108 valence electrons. The van der Waals surface area contributed by atoms with E-state index in [2.05, 4.69) is 34.0 Å². The number of aliphatic hydroxyl groups is 1. The van der Waals surface area contributed by atoms with E-state index in [-0.39, 0.29) is 12.5 Å². The molecule has 0 aromatic carbocycles. The first-order valence-corrected chi connectivity index (χ1v) is 7.31. The second kappa shape index (κ2) is 7.53. The zero-order valence-corrected chi connectivity index (χ0v) is 12.4. The van der Waals surface area contributed by atoms with E-state index in [4.69, 9.17) is 5.11 Å². The summed E-state index contributed by atoms with van der Waals surface area (Å²) < 4.78 is 0. The van der Waals surface area contributed by atoms with E-state index in [1.807, 2.05) is 6.20 Å². The molecule has 21 heavy (non-hydrogen) atoms. The first-order valence-electron chi connectivity index (χ1n) is 6.49. The average Bonchev–Trinajstić information content (AvgIpc) is 2.99. The quantitative estimate of drug-likeness (QED) is 0.837. The van der Waals surface area contributed by atoms with Gasteiger partial charge in [0.25, 0.3) is 5.91 Å². The number of thiazole rings is 1. The van der Waals surface area contributed by atoms with Crippen molar-refractivity contribution in [1.29, 1.82) is 0 Å². The predicted molar refractivity (Wildman–Crippen MR) is 80.9 cm³/mol. The van der Waals surface area contributed by atoms with Crippen LogP contribution < -0.4 is 5.32 Å². The summed E-state index contributed by atoms with van der Waals surface area (Å²) in [7, 11) is 0. The van der Waals surface area contributed by atoms with Crippen LogP contribution in [0.1, 0.15) is 32.7 Å². The minimum absolute atomic E-state index is 0.219. The third-order valence-corrected chi connectivity index (χ3v) is 3.80. The van der Waals surface area contributed by atoms with E-state index < -0.39 is 0 Å². The Hall–Kier alpha value is -2.23. The van der Waals surface area contributed by atoms with E-state index in [1.54, 1.807) is 23.6 Å². The highest BCUT2D eigenvalue weighted by atomic mass is 32.1. The number of carbonyl (C=O) groups is 1. The fourth-order valence-corrected chi connectivity index (χ4v) is 2.43. The van der Waals surface area contributed by atoms with Gasteiger partial charge >= 0.3 is 0 Å². The van der Waals surface area contributed by atoms with Crippen LogP contribution in [0.5, 0.6) is 0 Å². The Morgan fingerprint density at radius 2 is 2.29 bits per heavy atom. The standard InChI is InChI=1S/C15H15N3O2S/c1-2-13-9-17-14(21-13)10-18-15(20)12-6-11(4-3-5-19)7-16-8-12/h6-9,19H,2,5,10H2,1H3,(H,18,20). The van der Waals surface area contributed by atoms with Gasteiger partial charge in [-0.05, 0) is 12.5 Å². The number of aliphatic hydroxyl groups excluding tert-OH is 1. The van der Waals surface area contributed by atoms with E-state index in [9.17, 15) is 4.79 Å². The summed E-state index contributed by atoms with van der Waals surface area (Å²) in [5.74, 6) is 5.03. The van der Waals surface area contributed by atoms with Gasteiger partial charge in [-0.25, -0.2) is 4.98 Å². The van der Waals surface area contributed by atoms with Crippen molar-refractivity contribution in [2.75, 3.05) is 6.61 Å². The molecule has 0 spiro atoms. The summed E-state index contributed by atoms with van der Waals surface area (Å²) in [5.41, 5.74) is 1.03. The van der Waals surface area contributed by atoms with Crippen LogP contribution in [0.4, 0.5) is 0 Å². The van der Waals surface area contributed by atoms with E-state index in [0.29, 0.717) is 17.7 Å². The van der Waals surface area contributed by atoms with Gasteiger partial charge in [-0.15, -0.1) is 11.3 Å². The molecule has 0 aliphatic rings. The van der Waals surface area contributed by atoms with Gasteiger partial charge in [-0.2, -0.15) is 0 Å². The number of rotatable bonds is 4. The third kappa shape index (κ3) is 4.38. The van der Waals surface area contributed by atoms with Crippen molar-refractivity contribution in [2.45, 2.75) is 19.9 Å². The molecule has 0 bridgehead atoms. The van der Waals surface area contributed by atoms with Gasteiger partial charge in [0.1, 0.15) is 11.6 Å². The highest BCUT2D eigenvalue weighted by Gasteiger charge is 2.08. The van der Waals surface area contributed by atoms with Crippen LogP contribution in [-0.2, 0) is 13.0 Å². The second-order valence-corrected chi connectivity index (χ2v) is 5.38. The molecule has 0 saturated carbocycles. The van der Waals surface area contributed by atoms with Crippen molar-refractivity contribution in [1.82, 2.24) is 15.3 Å². The smallest absolute Gasteiger partial charge is 0.253 e. The topological polar surface area (TPSA) is 75.1 Å². The fourth-order valence-electron chi connectivity index (χ4n) is 1.63. The number of hydrogen-bond donors (Lipinski definition) is 2. The Bertz CT molecular complexity index is 685. The second-order valence-electron chi connectivity index (χ2n) is 4.18. The molecule has 2 aromatic heterocycles. The lowest BCUT2D eigenvalue weighted by atomic mass is 10.2. The zero-order chi connectivity index (χ0) is 15.1. The summed E-state index contributed by atoms with van der Waals surface area (Å²) in [6.45, 7) is 2.25. The molecule has 0 atom stereocenters. The molecule has 0 fully saturated rings. The molecule has 0 aliphatic heterocycles. The number of pyridine rings is 1. The Kier molecular flexibility index (Phi) is 5.43. The number of nitrogens with one attached hydrogen (secondary N) is 1. The average molecular weight is 301 g/mol. The highest BCUT2D eigenvalue weighted by Crippen LogP contribution is 2.13. The molecule has 2 aromatic rings. The van der Waals surface area contributed by atoms with Crippen LogP contribution >= 0.6 is 11.3 Å². The fraction of sp³-hybridized carbons (Fsp3) is 0.267. The van der Waals surface area contributed by atoms with Crippen LogP contribution in [0.25, 0.3) is 0 Å². The SMILES string of the molecule is CCc1cnc(CNC(=O)c2cncc(C#CCO)c2)s1. The van der Waals surface area contributed by atoms with Gasteiger partial charge in [0.2, 0.25) is 0 Å². The van der Waals surface area contributed by atoms with Gasteiger partial charge in [0, 0.05) is 29.0 Å². The number of hydrogen-bond acceptors (Lipinski definition) is 5. The minimum atomic E-state index is -0.222. The molecule has 2 heterocycles. The number of amides is 1. The number of carbonyl (C=O) groups excluding carboxylic acids is 1.